The highest BCUT2D eigenvalue weighted by Gasteiger charge is 2.34. The Balaban J connectivity index is 3.18. The first-order valence-corrected chi connectivity index (χ1v) is 8.02. The quantitative estimate of drug-likeness (QED) is 0.251. The molecule has 0 aromatic heterocycles. The second kappa shape index (κ2) is 7.06. The van der Waals surface area contributed by atoms with Crippen LogP contribution in [0.3, 0.4) is 0 Å². The Morgan fingerprint density at radius 2 is 2.00 bits per heavy atom. The first-order chi connectivity index (χ1) is 9.17. The number of benzene rings is 1. The fraction of sp³-hybridized carbons (Fsp3) is 0.250. The van der Waals surface area contributed by atoms with Crippen LogP contribution in [0.5, 0.6) is 0 Å². The van der Waals surface area contributed by atoms with Crippen LogP contribution in [0, 0.1) is 0 Å². The van der Waals surface area contributed by atoms with Gasteiger partial charge in [-0.05, 0) is 28.5 Å². The molecule has 1 aromatic carbocycles. The molecule has 0 heterocycles. The van der Waals surface area contributed by atoms with Gasteiger partial charge in [0, 0.05) is 4.90 Å². The van der Waals surface area contributed by atoms with Crippen LogP contribution in [0.4, 0.5) is 13.2 Å². The molecule has 0 aliphatic heterocycles. The molecule has 1 atom stereocenters. The van der Waals surface area contributed by atoms with Gasteiger partial charge in [-0.1, -0.05) is 17.7 Å². The lowest BCUT2D eigenvalue weighted by atomic mass is 10.4. The van der Waals surface area contributed by atoms with Crippen molar-refractivity contribution in [2.24, 2.45) is 0 Å². The zero-order valence-electron chi connectivity index (χ0n) is 9.31. The van der Waals surface area contributed by atoms with E-state index in [0.717, 1.165) is 12.1 Å². The summed E-state index contributed by atoms with van der Waals surface area (Å²) in [6.45, 7) is -0.897. The summed E-state index contributed by atoms with van der Waals surface area (Å²) in [4.78, 5) is -1.45. The Labute approximate surface area is 122 Å². The highest BCUT2D eigenvalue weighted by atomic mass is 35.5. The molecule has 0 aliphatic rings. The van der Waals surface area contributed by atoms with E-state index < -0.39 is 57.7 Å². The van der Waals surface area contributed by atoms with E-state index in [9.17, 15) is 26.2 Å². The van der Waals surface area contributed by atoms with E-state index in [-0.39, 0.29) is 0 Å². The van der Waals surface area contributed by atoms with Gasteiger partial charge < -0.3 is 0 Å². The molecule has 0 aliphatic carbocycles. The second-order valence-electron chi connectivity index (χ2n) is 3.03. The van der Waals surface area contributed by atoms with E-state index in [4.69, 9.17) is 11.6 Å². The van der Waals surface area contributed by atoms with Gasteiger partial charge in [0.15, 0.2) is 0 Å². The zero-order chi connectivity index (χ0) is 15.4. The Morgan fingerprint density at radius 3 is 2.55 bits per heavy atom. The van der Waals surface area contributed by atoms with E-state index in [0.29, 0.717) is 0 Å². The number of rotatable bonds is 6. The van der Waals surface area contributed by atoms with Gasteiger partial charge in [0.2, 0.25) is 6.79 Å². The molecule has 0 bridgehead atoms. The fourth-order valence-electron chi connectivity index (χ4n) is 1.11. The smallest absolute Gasteiger partial charge is 0.232 e. The van der Waals surface area contributed by atoms with Crippen molar-refractivity contribution in [3.05, 3.63) is 23.2 Å². The van der Waals surface area contributed by atoms with Gasteiger partial charge in [-0.2, -0.15) is 21.6 Å². The zero-order valence-corrected chi connectivity index (χ0v) is 12.7. The number of hydrogen-bond acceptors (Lipinski definition) is 6. The highest BCUT2D eigenvalue weighted by molar-refractivity contribution is 8.00. The Bertz CT molecular complexity index is 592. The monoisotopic (exact) mass is 369 g/mol. The van der Waals surface area contributed by atoms with Crippen LogP contribution in [-0.4, -0.2) is 20.7 Å². The summed E-state index contributed by atoms with van der Waals surface area (Å²) in [6.07, 6.45) is 0. The van der Waals surface area contributed by atoms with Crippen LogP contribution in [0.2, 0.25) is 5.02 Å². The number of thioether (sulfide) groups is 1. The third kappa shape index (κ3) is 5.19. The molecule has 0 radical (unpaired) electrons. The van der Waals surface area contributed by atoms with Gasteiger partial charge in [-0.25, -0.2) is 4.18 Å². The summed E-state index contributed by atoms with van der Waals surface area (Å²) in [5.41, 5.74) is -4.69. The molecule has 112 valence electrons. The van der Waals surface area contributed by atoms with Crippen molar-refractivity contribution in [3.8, 4) is 0 Å². The van der Waals surface area contributed by atoms with Crippen LogP contribution in [0.1, 0.15) is 0 Å². The molecular weight excluding hydrogens is 364 g/mol. The molecule has 5 nitrogen and oxygen atoms in total. The maximum absolute atomic E-state index is 12.4. The van der Waals surface area contributed by atoms with Crippen molar-refractivity contribution in [2.45, 2.75) is 15.3 Å². The molecular formula is C8H6ClF3O5PS2+. The standard InChI is InChI=1S/C8H6ClF3O5PS2/c9-5-2-1-3-6(19-8(10,11)12)7(5)20(14,15)17-4-16-18-13/h1-3,18H,4H2/q+1. The summed E-state index contributed by atoms with van der Waals surface area (Å²) in [6, 6.07) is 3.22. The third-order valence-electron chi connectivity index (χ3n) is 1.73. The molecule has 1 aromatic rings. The molecule has 0 fully saturated rings. The lowest BCUT2D eigenvalue weighted by molar-refractivity contribution is -0.0328. The minimum absolute atomic E-state index is 0.427. The summed E-state index contributed by atoms with van der Waals surface area (Å²) in [5.74, 6) is 0. The second-order valence-corrected chi connectivity index (χ2v) is 6.55. The van der Waals surface area contributed by atoms with Gasteiger partial charge in [0.05, 0.1) is 5.02 Å². The van der Waals surface area contributed by atoms with Crippen LogP contribution in [0.15, 0.2) is 28.0 Å². The predicted molar refractivity (Wildman–Crippen MR) is 66.6 cm³/mol. The molecule has 0 saturated heterocycles. The molecule has 0 spiro atoms. The van der Waals surface area contributed by atoms with Crippen molar-refractivity contribution in [1.29, 1.82) is 0 Å². The van der Waals surface area contributed by atoms with Gasteiger partial charge in [0.1, 0.15) is 4.90 Å². The molecule has 20 heavy (non-hydrogen) atoms. The van der Waals surface area contributed by atoms with Crippen molar-refractivity contribution in [3.63, 3.8) is 0 Å². The summed E-state index contributed by atoms with van der Waals surface area (Å²) in [7, 11) is -5.85. The molecule has 0 amide bonds. The molecule has 1 rings (SSSR count). The third-order valence-corrected chi connectivity index (χ3v) is 4.66. The average Bonchev–Trinajstić information content (AvgIpc) is 2.26. The number of hydrogen-bond donors (Lipinski definition) is 0. The topological polar surface area (TPSA) is 69.7 Å². The van der Waals surface area contributed by atoms with Gasteiger partial charge in [-0.15, -0.1) is 4.52 Å². The van der Waals surface area contributed by atoms with E-state index in [1.807, 2.05) is 0 Å². The maximum Gasteiger partial charge on any atom is 0.496 e. The Kier molecular flexibility index (Phi) is 6.24. The molecule has 0 saturated carbocycles. The Morgan fingerprint density at radius 1 is 1.35 bits per heavy atom. The van der Waals surface area contributed by atoms with E-state index in [2.05, 4.69) is 8.71 Å². The molecule has 0 N–H and O–H groups in total. The number of alkyl halides is 3. The van der Waals surface area contributed by atoms with Crippen LogP contribution >= 0.6 is 32.0 Å². The fourth-order valence-corrected chi connectivity index (χ4v) is 3.76. The first kappa shape index (κ1) is 17.7. The van der Waals surface area contributed by atoms with Crippen molar-refractivity contribution in [1.82, 2.24) is 0 Å². The van der Waals surface area contributed by atoms with Crippen molar-refractivity contribution in [2.75, 3.05) is 6.79 Å². The van der Waals surface area contributed by atoms with Crippen LogP contribution in [-0.2, 0) is 23.4 Å². The molecule has 12 heteroatoms. The lowest BCUT2D eigenvalue weighted by Gasteiger charge is -2.12. The minimum Gasteiger partial charge on any atom is -0.232 e. The predicted octanol–water partition coefficient (Wildman–Crippen LogP) is 3.57. The van der Waals surface area contributed by atoms with Gasteiger partial charge in [-0.3, -0.25) is 0 Å². The lowest BCUT2D eigenvalue weighted by Crippen LogP contribution is -2.11. The summed E-state index contributed by atoms with van der Waals surface area (Å²) < 4.78 is 79.1. The highest BCUT2D eigenvalue weighted by Crippen LogP contribution is 2.42. The summed E-state index contributed by atoms with van der Waals surface area (Å²) in [5, 5.41) is -0.427. The van der Waals surface area contributed by atoms with Crippen molar-refractivity contribution >= 4 is 42.2 Å². The Hall–Kier alpha value is -0.380. The first-order valence-electron chi connectivity index (χ1n) is 4.60. The van der Waals surface area contributed by atoms with Gasteiger partial charge >= 0.3 is 24.3 Å². The van der Waals surface area contributed by atoms with E-state index in [1.54, 1.807) is 0 Å². The minimum atomic E-state index is -4.69. The summed E-state index contributed by atoms with van der Waals surface area (Å²) >= 11 is 4.98. The van der Waals surface area contributed by atoms with E-state index in [1.165, 1.54) is 6.07 Å². The van der Waals surface area contributed by atoms with Crippen LogP contribution in [0.25, 0.3) is 0 Å². The average molecular weight is 370 g/mol. The number of halogens is 4. The van der Waals surface area contributed by atoms with Gasteiger partial charge in [0.25, 0.3) is 0 Å². The van der Waals surface area contributed by atoms with E-state index >= 15 is 0 Å². The SMILES string of the molecule is O=[PH+]OCOS(=O)(=O)c1c(Cl)cccc1SC(F)(F)F. The maximum atomic E-state index is 12.4. The normalized spacial score (nSPS) is 12.8. The largest absolute Gasteiger partial charge is 0.496 e. The van der Waals surface area contributed by atoms with Crippen LogP contribution < -0.4 is 0 Å². The molecule has 1 unspecified atom stereocenters. The van der Waals surface area contributed by atoms with Crippen molar-refractivity contribution < 1.29 is 34.9 Å².